The highest BCUT2D eigenvalue weighted by Gasteiger charge is 2.52. The van der Waals surface area contributed by atoms with Gasteiger partial charge in [0.05, 0.1) is 12.6 Å². The van der Waals surface area contributed by atoms with Crippen LogP contribution >= 0.6 is 0 Å². The molecule has 5 rings (SSSR count). The summed E-state index contributed by atoms with van der Waals surface area (Å²) in [5.74, 6) is 1.76. The summed E-state index contributed by atoms with van der Waals surface area (Å²) in [5.41, 5.74) is 3.46. The lowest BCUT2D eigenvalue weighted by atomic mass is 9.83. The third-order valence-corrected chi connectivity index (χ3v) is 7.83. The van der Waals surface area contributed by atoms with Crippen LogP contribution in [0, 0.1) is 0 Å². The molecule has 35 heavy (non-hydrogen) atoms. The van der Waals surface area contributed by atoms with Crippen molar-refractivity contribution >= 4 is 16.9 Å². The fraction of sp³-hybridized carbons (Fsp3) is 0.464. The van der Waals surface area contributed by atoms with E-state index in [1.54, 1.807) is 7.11 Å². The van der Waals surface area contributed by atoms with Gasteiger partial charge in [0.15, 0.2) is 0 Å². The Morgan fingerprint density at radius 2 is 1.91 bits per heavy atom. The van der Waals surface area contributed by atoms with Crippen LogP contribution in [0.5, 0.6) is 11.5 Å². The summed E-state index contributed by atoms with van der Waals surface area (Å²) >= 11 is 0. The number of para-hydroxylation sites is 1. The average molecular weight is 477 g/mol. The van der Waals surface area contributed by atoms with Crippen LogP contribution in [0.4, 0.5) is 4.79 Å². The molecular weight excluding hydrogens is 440 g/mol. The predicted octanol–water partition coefficient (Wildman–Crippen LogP) is 4.10. The normalized spacial score (nSPS) is 19.8. The zero-order valence-corrected chi connectivity index (χ0v) is 21.3. The average Bonchev–Trinajstić information content (AvgIpc) is 3.43. The number of carbonyl (C=O) groups excluding carboxylic acids is 1. The molecular formula is C28H36N4O3. The van der Waals surface area contributed by atoms with E-state index in [2.05, 4.69) is 33.5 Å². The maximum Gasteiger partial charge on any atom is 0.320 e. The Bertz CT molecular complexity index is 1210. The highest BCUT2D eigenvalue weighted by Crippen LogP contribution is 2.46. The van der Waals surface area contributed by atoms with E-state index in [4.69, 9.17) is 9.47 Å². The van der Waals surface area contributed by atoms with Crippen LogP contribution in [0.3, 0.4) is 0 Å². The first-order chi connectivity index (χ1) is 17.0. The predicted molar refractivity (Wildman–Crippen MR) is 138 cm³/mol. The molecule has 1 unspecified atom stereocenters. The highest BCUT2D eigenvalue weighted by atomic mass is 16.5. The van der Waals surface area contributed by atoms with Crippen molar-refractivity contribution < 1.29 is 14.3 Å². The quantitative estimate of drug-likeness (QED) is 0.538. The maximum absolute atomic E-state index is 13.6. The number of hydrogen-bond acceptors (Lipinski definition) is 4. The van der Waals surface area contributed by atoms with Gasteiger partial charge in [0, 0.05) is 63.4 Å². The first-order valence-corrected chi connectivity index (χ1v) is 12.6. The molecule has 7 nitrogen and oxygen atoms in total. The van der Waals surface area contributed by atoms with E-state index in [9.17, 15) is 4.79 Å². The van der Waals surface area contributed by atoms with E-state index < -0.39 is 0 Å². The number of amides is 2. The molecule has 2 aromatic carbocycles. The van der Waals surface area contributed by atoms with Crippen molar-refractivity contribution in [2.24, 2.45) is 7.05 Å². The Morgan fingerprint density at radius 1 is 1.11 bits per heavy atom. The van der Waals surface area contributed by atoms with Crippen LogP contribution in [-0.4, -0.2) is 78.8 Å². The topological polar surface area (TPSA) is 50.2 Å². The van der Waals surface area contributed by atoms with Gasteiger partial charge in [-0.2, -0.15) is 0 Å². The summed E-state index contributed by atoms with van der Waals surface area (Å²) in [4.78, 5) is 20.0. The first kappa shape index (κ1) is 23.5. The zero-order valence-electron chi connectivity index (χ0n) is 21.3. The zero-order chi connectivity index (χ0) is 24.6. The lowest BCUT2D eigenvalue weighted by molar-refractivity contribution is 0.0774. The number of rotatable bonds is 6. The van der Waals surface area contributed by atoms with E-state index in [1.807, 2.05) is 55.3 Å². The van der Waals surface area contributed by atoms with Crippen molar-refractivity contribution in [2.45, 2.75) is 25.3 Å². The summed E-state index contributed by atoms with van der Waals surface area (Å²) in [6, 6.07) is 16.4. The number of aryl methyl sites for hydroxylation is 1. The van der Waals surface area contributed by atoms with Crippen molar-refractivity contribution in [1.82, 2.24) is 19.3 Å². The molecule has 7 heteroatoms. The second kappa shape index (κ2) is 9.46. The SMILES string of the molecule is CCN(C)C(=O)N1CCc2c(n(C)c3ccc(OC)cc23)C12CCN(CCOc1ccccc1)C2. The number of methoxy groups -OCH3 is 1. The summed E-state index contributed by atoms with van der Waals surface area (Å²) in [7, 11) is 5.76. The van der Waals surface area contributed by atoms with Crippen molar-refractivity contribution in [3.8, 4) is 11.5 Å². The monoisotopic (exact) mass is 476 g/mol. The number of carbonyl (C=O) groups is 1. The second-order valence-corrected chi connectivity index (χ2v) is 9.69. The number of urea groups is 1. The van der Waals surface area contributed by atoms with Crippen molar-refractivity contribution in [1.29, 1.82) is 0 Å². The van der Waals surface area contributed by atoms with E-state index in [1.165, 1.54) is 22.2 Å². The Kier molecular flexibility index (Phi) is 6.36. The van der Waals surface area contributed by atoms with Gasteiger partial charge >= 0.3 is 6.03 Å². The van der Waals surface area contributed by atoms with Gasteiger partial charge in [-0.1, -0.05) is 18.2 Å². The molecule has 2 aliphatic rings. The molecule has 0 saturated carbocycles. The fourth-order valence-electron chi connectivity index (χ4n) is 5.94. The standard InChI is InChI=1S/C28H36N4O3/c1-5-29(2)27(33)32-15-13-23-24-19-22(34-4)11-12-25(24)30(3)26(23)28(32)14-16-31(20-28)17-18-35-21-9-7-6-8-10-21/h6-12,19H,5,13-18,20H2,1-4H3. The summed E-state index contributed by atoms with van der Waals surface area (Å²) in [6.07, 6.45) is 1.76. The van der Waals surface area contributed by atoms with Gasteiger partial charge in [0.1, 0.15) is 18.1 Å². The first-order valence-electron chi connectivity index (χ1n) is 12.6. The molecule has 1 spiro atoms. The second-order valence-electron chi connectivity index (χ2n) is 9.69. The van der Waals surface area contributed by atoms with Crippen molar-refractivity contribution in [2.75, 3.05) is 53.5 Å². The molecule has 1 fully saturated rings. The van der Waals surface area contributed by atoms with Crippen LogP contribution in [0.1, 0.15) is 24.6 Å². The minimum Gasteiger partial charge on any atom is -0.497 e. The number of fused-ring (bicyclic) bond motifs is 4. The number of nitrogens with zero attached hydrogens (tertiary/aromatic N) is 4. The molecule has 2 aliphatic heterocycles. The Balaban J connectivity index is 1.49. The molecule has 3 aromatic rings. The third kappa shape index (κ3) is 4.01. The van der Waals surface area contributed by atoms with E-state index in [-0.39, 0.29) is 11.6 Å². The lowest BCUT2D eigenvalue weighted by Gasteiger charge is -2.46. The molecule has 186 valence electrons. The smallest absolute Gasteiger partial charge is 0.320 e. The third-order valence-electron chi connectivity index (χ3n) is 7.83. The molecule has 2 amide bonds. The highest BCUT2D eigenvalue weighted by molar-refractivity contribution is 5.88. The summed E-state index contributed by atoms with van der Waals surface area (Å²) in [6.45, 7) is 6.65. The van der Waals surface area contributed by atoms with Crippen molar-refractivity contribution in [3.05, 3.63) is 59.8 Å². The van der Waals surface area contributed by atoms with Gasteiger partial charge < -0.3 is 23.8 Å². The van der Waals surface area contributed by atoms with Crippen LogP contribution in [0.15, 0.2) is 48.5 Å². The fourth-order valence-corrected chi connectivity index (χ4v) is 5.94. The van der Waals surface area contributed by atoms with Gasteiger partial charge in [-0.05, 0) is 55.7 Å². The van der Waals surface area contributed by atoms with E-state index in [0.29, 0.717) is 13.2 Å². The Hall–Kier alpha value is -3.19. The number of benzene rings is 2. The minimum absolute atomic E-state index is 0.114. The number of aromatic nitrogens is 1. The molecule has 3 heterocycles. The molecule has 1 saturated heterocycles. The van der Waals surface area contributed by atoms with Gasteiger partial charge in [-0.25, -0.2) is 4.79 Å². The maximum atomic E-state index is 13.6. The number of hydrogen-bond donors (Lipinski definition) is 0. The summed E-state index contributed by atoms with van der Waals surface area (Å²) < 4.78 is 13.8. The molecule has 0 aliphatic carbocycles. The molecule has 1 atom stereocenters. The molecule has 0 N–H and O–H groups in total. The van der Waals surface area contributed by atoms with Crippen LogP contribution in [0.25, 0.3) is 10.9 Å². The van der Waals surface area contributed by atoms with Crippen LogP contribution in [0.2, 0.25) is 0 Å². The van der Waals surface area contributed by atoms with Crippen LogP contribution in [-0.2, 0) is 19.0 Å². The van der Waals surface area contributed by atoms with Gasteiger partial charge in [0.2, 0.25) is 0 Å². The van der Waals surface area contributed by atoms with E-state index >= 15 is 0 Å². The van der Waals surface area contributed by atoms with Crippen LogP contribution < -0.4 is 9.47 Å². The number of likely N-dealkylation sites (tertiary alicyclic amines) is 1. The van der Waals surface area contributed by atoms with E-state index in [0.717, 1.165) is 50.5 Å². The molecule has 1 aromatic heterocycles. The van der Waals surface area contributed by atoms with Gasteiger partial charge in [0.25, 0.3) is 0 Å². The lowest BCUT2D eigenvalue weighted by Crippen LogP contribution is -2.58. The largest absolute Gasteiger partial charge is 0.497 e. The minimum atomic E-state index is -0.359. The molecule has 0 radical (unpaired) electrons. The Morgan fingerprint density at radius 3 is 2.66 bits per heavy atom. The molecule has 0 bridgehead atoms. The van der Waals surface area contributed by atoms with Gasteiger partial charge in [-0.15, -0.1) is 0 Å². The van der Waals surface area contributed by atoms with Gasteiger partial charge in [-0.3, -0.25) is 4.90 Å². The summed E-state index contributed by atoms with van der Waals surface area (Å²) in [5, 5.41) is 1.24. The van der Waals surface area contributed by atoms with Crippen molar-refractivity contribution in [3.63, 3.8) is 0 Å². The number of ether oxygens (including phenoxy) is 2. The Labute approximate surface area is 207 Å².